The Bertz CT molecular complexity index is 1430. The van der Waals surface area contributed by atoms with Crippen molar-refractivity contribution in [2.24, 2.45) is 0 Å². The molecule has 3 heterocycles. The Balaban J connectivity index is 1.08. The van der Waals surface area contributed by atoms with Gasteiger partial charge < -0.3 is 10.1 Å². The largest absolute Gasteiger partial charge is 0.439 e. The number of benzene rings is 2. The minimum Gasteiger partial charge on any atom is -0.439 e. The highest BCUT2D eigenvalue weighted by atomic mass is 19.1. The Morgan fingerprint density at radius 2 is 1.84 bits per heavy atom. The van der Waals surface area contributed by atoms with Gasteiger partial charge in [-0.2, -0.15) is 5.26 Å². The lowest BCUT2D eigenvalue weighted by Crippen LogP contribution is -2.44. The Labute approximate surface area is 220 Å². The number of rotatable bonds is 7. The fourth-order valence-electron chi connectivity index (χ4n) is 4.39. The molecule has 2 aromatic carbocycles. The maximum Gasteiger partial charge on any atom is 0.253 e. The van der Waals surface area contributed by atoms with Gasteiger partial charge in [0.15, 0.2) is 0 Å². The first-order chi connectivity index (χ1) is 18.6. The number of halogens is 1. The molecule has 0 aliphatic carbocycles. The summed E-state index contributed by atoms with van der Waals surface area (Å²) in [6.45, 7) is 2.51. The van der Waals surface area contributed by atoms with E-state index >= 15 is 0 Å². The van der Waals surface area contributed by atoms with Crippen LogP contribution in [0.4, 0.5) is 4.39 Å². The summed E-state index contributed by atoms with van der Waals surface area (Å²) in [6.07, 6.45) is 5.06. The first-order valence-corrected chi connectivity index (χ1v) is 12.4. The van der Waals surface area contributed by atoms with Crippen molar-refractivity contribution in [1.82, 2.24) is 20.2 Å². The van der Waals surface area contributed by atoms with Crippen molar-refractivity contribution in [2.45, 2.75) is 25.4 Å². The van der Waals surface area contributed by atoms with E-state index in [0.717, 1.165) is 38.0 Å². The number of hydrogen-bond acceptors (Lipinski definition) is 6. The number of ether oxygens (including phenoxy) is 1. The normalized spacial score (nSPS) is 14.0. The van der Waals surface area contributed by atoms with Gasteiger partial charge in [0, 0.05) is 49.7 Å². The minimum atomic E-state index is -0.320. The van der Waals surface area contributed by atoms with Gasteiger partial charge >= 0.3 is 0 Å². The molecule has 190 valence electrons. The van der Waals surface area contributed by atoms with Gasteiger partial charge in [0.2, 0.25) is 5.88 Å². The number of carbonyl (C=O) groups is 1. The number of nitriles is 1. The number of amides is 1. The van der Waals surface area contributed by atoms with Crippen molar-refractivity contribution in [3.63, 3.8) is 0 Å². The molecule has 0 radical (unpaired) electrons. The second kappa shape index (κ2) is 11.6. The molecule has 1 aliphatic rings. The van der Waals surface area contributed by atoms with E-state index in [2.05, 4.69) is 26.3 Å². The maximum absolute atomic E-state index is 13.5. The third-order valence-corrected chi connectivity index (χ3v) is 6.48. The lowest BCUT2D eigenvalue weighted by Gasteiger charge is -2.32. The summed E-state index contributed by atoms with van der Waals surface area (Å²) < 4.78 is 19.2. The lowest BCUT2D eigenvalue weighted by atomic mass is 10.0. The SMILES string of the molecule is N#Cc1ccc(Oc2ccc(CN3CCC(NC(=O)c4ccc(-c5cccc(F)c5)nc4)CC3)cn2)cc1. The van der Waals surface area contributed by atoms with Gasteiger partial charge in [0.25, 0.3) is 5.91 Å². The molecule has 0 spiro atoms. The summed E-state index contributed by atoms with van der Waals surface area (Å²) in [5.74, 6) is 0.660. The van der Waals surface area contributed by atoms with Gasteiger partial charge in [-0.25, -0.2) is 9.37 Å². The summed E-state index contributed by atoms with van der Waals surface area (Å²) in [6, 6.07) is 22.6. The van der Waals surface area contributed by atoms with E-state index in [0.29, 0.717) is 34.0 Å². The molecule has 7 nitrogen and oxygen atoms in total. The van der Waals surface area contributed by atoms with Crippen molar-refractivity contribution >= 4 is 5.91 Å². The molecule has 0 saturated carbocycles. The number of carbonyl (C=O) groups excluding carboxylic acids is 1. The fraction of sp³-hybridized carbons (Fsp3) is 0.200. The first kappa shape index (κ1) is 25.1. The van der Waals surface area contributed by atoms with Crippen molar-refractivity contribution in [3.05, 3.63) is 108 Å². The summed E-state index contributed by atoms with van der Waals surface area (Å²) in [5, 5.41) is 12.0. The second-order valence-electron chi connectivity index (χ2n) is 9.21. The molecule has 8 heteroatoms. The second-order valence-corrected chi connectivity index (χ2v) is 9.21. The molecule has 4 aromatic rings. The molecule has 5 rings (SSSR count). The topological polar surface area (TPSA) is 91.1 Å². The minimum absolute atomic E-state index is 0.1000. The zero-order chi connectivity index (χ0) is 26.3. The summed E-state index contributed by atoms with van der Waals surface area (Å²) in [5.41, 5.74) is 3.45. The average Bonchev–Trinajstić information content (AvgIpc) is 2.95. The Hall–Kier alpha value is -4.61. The number of nitrogens with one attached hydrogen (secondary N) is 1. The molecule has 1 N–H and O–H groups in total. The van der Waals surface area contributed by atoms with E-state index in [-0.39, 0.29) is 17.8 Å². The van der Waals surface area contributed by atoms with E-state index in [4.69, 9.17) is 10.00 Å². The fourth-order valence-corrected chi connectivity index (χ4v) is 4.39. The van der Waals surface area contributed by atoms with E-state index in [1.807, 2.05) is 18.3 Å². The van der Waals surface area contributed by atoms with E-state index in [1.165, 1.54) is 18.3 Å². The molecular weight excluding hydrogens is 481 g/mol. The molecule has 1 fully saturated rings. The van der Waals surface area contributed by atoms with E-state index < -0.39 is 0 Å². The van der Waals surface area contributed by atoms with Crippen molar-refractivity contribution in [2.75, 3.05) is 13.1 Å². The van der Waals surface area contributed by atoms with Crippen LogP contribution in [-0.4, -0.2) is 39.9 Å². The van der Waals surface area contributed by atoms with Crippen molar-refractivity contribution in [1.29, 1.82) is 5.26 Å². The standard InChI is InChI=1S/C30H26FN5O2/c31-25-3-1-2-23(16-25)28-10-7-24(19-33-28)30(37)35-26-12-14-36(15-13-26)20-22-6-11-29(34-18-22)38-27-8-4-21(17-32)5-9-27/h1-11,16,18-19,26H,12-15,20H2,(H,35,37). The highest BCUT2D eigenvalue weighted by molar-refractivity contribution is 5.94. The Morgan fingerprint density at radius 3 is 2.50 bits per heavy atom. The lowest BCUT2D eigenvalue weighted by molar-refractivity contribution is 0.0908. The highest BCUT2D eigenvalue weighted by Gasteiger charge is 2.21. The van der Waals surface area contributed by atoms with Crippen LogP contribution >= 0.6 is 0 Å². The van der Waals surface area contributed by atoms with Crippen molar-refractivity contribution < 1.29 is 13.9 Å². The predicted octanol–water partition coefficient (Wildman–Crippen LogP) is 5.34. The molecule has 0 bridgehead atoms. The number of piperidine rings is 1. The maximum atomic E-state index is 13.5. The molecule has 1 aliphatic heterocycles. The average molecular weight is 508 g/mol. The number of aromatic nitrogens is 2. The number of nitrogens with zero attached hydrogens (tertiary/aromatic N) is 4. The van der Waals surface area contributed by atoms with E-state index in [9.17, 15) is 9.18 Å². The zero-order valence-electron chi connectivity index (χ0n) is 20.7. The number of likely N-dealkylation sites (tertiary alicyclic amines) is 1. The summed E-state index contributed by atoms with van der Waals surface area (Å²) >= 11 is 0. The molecule has 0 atom stereocenters. The summed E-state index contributed by atoms with van der Waals surface area (Å²) in [7, 11) is 0. The van der Waals surface area contributed by atoms with Gasteiger partial charge in [-0.3, -0.25) is 14.7 Å². The predicted molar refractivity (Wildman–Crippen MR) is 141 cm³/mol. The van der Waals surface area contributed by atoms with Crippen LogP contribution in [0, 0.1) is 17.1 Å². The Morgan fingerprint density at radius 1 is 1.03 bits per heavy atom. The van der Waals surface area contributed by atoms with Crippen LogP contribution in [0.25, 0.3) is 11.3 Å². The molecule has 1 saturated heterocycles. The quantitative estimate of drug-likeness (QED) is 0.363. The monoisotopic (exact) mass is 507 g/mol. The zero-order valence-corrected chi connectivity index (χ0v) is 20.7. The van der Waals surface area contributed by atoms with Crippen LogP contribution < -0.4 is 10.1 Å². The van der Waals surface area contributed by atoms with Crippen LogP contribution in [0.3, 0.4) is 0 Å². The molecule has 1 amide bonds. The molecule has 0 unspecified atom stereocenters. The number of hydrogen-bond donors (Lipinski definition) is 1. The Kier molecular flexibility index (Phi) is 7.67. The van der Waals surface area contributed by atoms with Gasteiger partial charge in [0.1, 0.15) is 11.6 Å². The van der Waals surface area contributed by atoms with Crippen LogP contribution in [0.15, 0.2) is 85.2 Å². The molecule has 2 aromatic heterocycles. The summed E-state index contributed by atoms with van der Waals surface area (Å²) in [4.78, 5) is 23.8. The van der Waals surface area contributed by atoms with Crippen molar-refractivity contribution in [3.8, 4) is 29.0 Å². The van der Waals surface area contributed by atoms with Gasteiger partial charge in [0.05, 0.1) is 22.9 Å². The van der Waals surface area contributed by atoms with Gasteiger partial charge in [-0.1, -0.05) is 18.2 Å². The molecular formula is C30H26FN5O2. The van der Waals surface area contributed by atoms with Crippen LogP contribution in [-0.2, 0) is 6.54 Å². The number of pyridine rings is 2. The third kappa shape index (κ3) is 6.38. The third-order valence-electron chi connectivity index (χ3n) is 6.48. The molecule has 38 heavy (non-hydrogen) atoms. The van der Waals surface area contributed by atoms with Gasteiger partial charge in [-0.15, -0.1) is 0 Å². The highest BCUT2D eigenvalue weighted by Crippen LogP contribution is 2.21. The van der Waals surface area contributed by atoms with Crippen LogP contribution in [0.5, 0.6) is 11.6 Å². The van der Waals surface area contributed by atoms with E-state index in [1.54, 1.807) is 48.5 Å². The van der Waals surface area contributed by atoms with Crippen LogP contribution in [0.1, 0.15) is 34.3 Å². The van der Waals surface area contributed by atoms with Crippen LogP contribution in [0.2, 0.25) is 0 Å². The smallest absolute Gasteiger partial charge is 0.253 e. The van der Waals surface area contributed by atoms with Gasteiger partial charge in [-0.05, 0) is 66.9 Å². The first-order valence-electron chi connectivity index (χ1n) is 12.4.